The first kappa shape index (κ1) is 28.4. The Labute approximate surface area is 233 Å². The number of carbonyl (C=O) groups is 3. The summed E-state index contributed by atoms with van der Waals surface area (Å²) in [5, 5.41) is 3.90. The number of nitrogens with one attached hydrogen (secondary N) is 1. The molecule has 0 radical (unpaired) electrons. The molecule has 1 heterocycles. The fourth-order valence-corrected chi connectivity index (χ4v) is 7.03. The number of hydrogen-bond donors (Lipinski definition) is 1. The summed E-state index contributed by atoms with van der Waals surface area (Å²) in [6, 6.07) is 10.3. The van der Waals surface area contributed by atoms with E-state index in [2.05, 4.69) is 5.32 Å². The van der Waals surface area contributed by atoms with Crippen molar-refractivity contribution in [3.8, 4) is 0 Å². The summed E-state index contributed by atoms with van der Waals surface area (Å²) in [6.07, 6.45) is 5.16. The van der Waals surface area contributed by atoms with Gasteiger partial charge in [0.15, 0.2) is 0 Å². The molecule has 2 aromatic carbocycles. The maximum Gasteiger partial charge on any atom is 0.269 e. The molecule has 38 heavy (non-hydrogen) atoms. The molecule has 0 aromatic heterocycles. The highest BCUT2D eigenvalue weighted by atomic mass is 35.5. The van der Waals surface area contributed by atoms with Gasteiger partial charge in [-0.3, -0.25) is 14.4 Å². The Hall–Kier alpha value is -2.62. The van der Waals surface area contributed by atoms with Crippen LogP contribution in [0.25, 0.3) is 0 Å². The summed E-state index contributed by atoms with van der Waals surface area (Å²) >= 11 is 12.4. The second-order valence-corrected chi connectivity index (χ2v) is 12.4. The van der Waals surface area contributed by atoms with E-state index in [4.69, 9.17) is 23.2 Å². The van der Waals surface area contributed by atoms with Gasteiger partial charge in [-0.2, -0.15) is 0 Å². The summed E-state index contributed by atoms with van der Waals surface area (Å²) in [7, 11) is -3.95. The number of nitrogens with zero attached hydrogens (tertiary/aromatic N) is 2. The first-order valence-electron chi connectivity index (χ1n) is 12.8. The average Bonchev–Trinajstić information content (AvgIpc) is 3.09. The highest BCUT2D eigenvalue weighted by Gasteiger charge is 2.40. The van der Waals surface area contributed by atoms with Crippen molar-refractivity contribution in [1.29, 1.82) is 0 Å². The molecule has 4 rings (SSSR count). The van der Waals surface area contributed by atoms with Crippen LogP contribution in [-0.4, -0.2) is 54.0 Å². The van der Waals surface area contributed by atoms with Gasteiger partial charge in [-0.15, -0.1) is 0 Å². The van der Waals surface area contributed by atoms with E-state index in [-0.39, 0.29) is 54.2 Å². The van der Waals surface area contributed by atoms with Crippen LogP contribution in [0.1, 0.15) is 67.8 Å². The van der Waals surface area contributed by atoms with Gasteiger partial charge in [-0.05, 0) is 56.0 Å². The monoisotopic (exact) mass is 579 g/mol. The molecule has 1 N–H and O–H groups in total. The van der Waals surface area contributed by atoms with Crippen LogP contribution in [0, 0.1) is 0 Å². The zero-order chi connectivity index (χ0) is 27.4. The summed E-state index contributed by atoms with van der Waals surface area (Å²) in [5.74, 6) is -1.19. The van der Waals surface area contributed by atoms with Gasteiger partial charge in [-0.25, -0.2) is 12.7 Å². The lowest BCUT2D eigenvalue weighted by molar-refractivity contribution is -0.141. The smallest absolute Gasteiger partial charge is 0.269 e. The van der Waals surface area contributed by atoms with E-state index in [0.29, 0.717) is 15.6 Å². The van der Waals surface area contributed by atoms with E-state index >= 15 is 0 Å². The van der Waals surface area contributed by atoms with Crippen LogP contribution in [0.15, 0.2) is 47.4 Å². The minimum Gasteiger partial charge on any atom is -0.352 e. The molecular formula is C27H31Cl2N3O5S. The minimum atomic E-state index is -3.95. The predicted molar refractivity (Wildman–Crippen MR) is 145 cm³/mol. The van der Waals surface area contributed by atoms with Gasteiger partial charge in [0, 0.05) is 35.6 Å². The predicted octanol–water partition coefficient (Wildman–Crippen LogP) is 4.78. The molecule has 0 unspecified atom stereocenters. The van der Waals surface area contributed by atoms with E-state index < -0.39 is 22.0 Å². The number of sulfonamides is 1. The molecule has 0 bridgehead atoms. The van der Waals surface area contributed by atoms with E-state index in [1.165, 1.54) is 17.0 Å². The van der Waals surface area contributed by atoms with Crippen LogP contribution in [0.3, 0.4) is 0 Å². The lowest BCUT2D eigenvalue weighted by Gasteiger charge is -2.31. The van der Waals surface area contributed by atoms with Gasteiger partial charge in [0.1, 0.15) is 10.9 Å². The third-order valence-electron chi connectivity index (χ3n) is 7.14. The molecule has 2 aliphatic rings. The van der Waals surface area contributed by atoms with Gasteiger partial charge in [0.25, 0.3) is 15.9 Å². The van der Waals surface area contributed by atoms with E-state index in [1.54, 1.807) is 37.3 Å². The molecule has 204 valence electrons. The maximum atomic E-state index is 13.4. The quantitative estimate of drug-likeness (QED) is 0.460. The fourth-order valence-electron chi connectivity index (χ4n) is 4.95. The maximum absolute atomic E-state index is 13.4. The number of carbonyl (C=O) groups excluding carboxylic acids is 3. The molecule has 11 heteroatoms. The van der Waals surface area contributed by atoms with Crippen molar-refractivity contribution in [3.05, 3.63) is 63.6 Å². The number of hydrogen-bond acceptors (Lipinski definition) is 5. The van der Waals surface area contributed by atoms with E-state index in [9.17, 15) is 22.8 Å². The van der Waals surface area contributed by atoms with E-state index in [0.717, 1.165) is 36.4 Å². The summed E-state index contributed by atoms with van der Waals surface area (Å²) < 4.78 is 26.5. The molecule has 1 atom stereocenters. The van der Waals surface area contributed by atoms with Crippen molar-refractivity contribution >= 4 is 50.9 Å². The van der Waals surface area contributed by atoms with Gasteiger partial charge < -0.3 is 10.2 Å². The van der Waals surface area contributed by atoms with Crippen LogP contribution in [0.5, 0.6) is 0 Å². The molecule has 0 spiro atoms. The van der Waals surface area contributed by atoms with Gasteiger partial charge in [-0.1, -0.05) is 60.7 Å². The average molecular weight is 581 g/mol. The highest BCUT2D eigenvalue weighted by Crippen LogP contribution is 2.30. The van der Waals surface area contributed by atoms with Crippen LogP contribution in [0.2, 0.25) is 10.0 Å². The second kappa shape index (κ2) is 12.1. The Morgan fingerprint density at radius 2 is 1.82 bits per heavy atom. The molecule has 8 nitrogen and oxygen atoms in total. The number of amides is 3. The molecule has 1 saturated carbocycles. The summed E-state index contributed by atoms with van der Waals surface area (Å²) in [4.78, 5) is 40.7. The van der Waals surface area contributed by atoms with E-state index in [1.807, 2.05) is 0 Å². The van der Waals surface area contributed by atoms with Crippen molar-refractivity contribution < 1.29 is 22.8 Å². The Kier molecular flexibility index (Phi) is 9.00. The lowest BCUT2D eigenvalue weighted by Crippen LogP contribution is -2.50. The van der Waals surface area contributed by atoms with Crippen LogP contribution < -0.4 is 5.32 Å². The number of fused-ring (bicyclic) bond motifs is 1. The zero-order valence-electron chi connectivity index (χ0n) is 21.2. The Balaban J connectivity index is 1.46. The van der Waals surface area contributed by atoms with Crippen molar-refractivity contribution in [2.45, 2.75) is 75.4 Å². The molecule has 1 aliphatic heterocycles. The molecule has 1 fully saturated rings. The van der Waals surface area contributed by atoms with Gasteiger partial charge in [0.2, 0.25) is 11.8 Å². The van der Waals surface area contributed by atoms with Crippen molar-refractivity contribution in [2.24, 2.45) is 0 Å². The second-order valence-electron chi connectivity index (χ2n) is 9.76. The largest absolute Gasteiger partial charge is 0.352 e. The fraction of sp³-hybridized carbons (Fsp3) is 0.444. The van der Waals surface area contributed by atoms with Gasteiger partial charge in [0.05, 0.1) is 5.56 Å². The molecule has 3 amide bonds. The SMILES string of the molecule is C[C@H](C(=O)NC1CCCCC1)N(Cc1ccc(Cl)cc1Cl)C(=O)CCCN1C(=O)c2ccccc2S1(=O)=O. The Bertz CT molecular complexity index is 1330. The first-order chi connectivity index (χ1) is 18.1. The van der Waals surface area contributed by atoms with Crippen molar-refractivity contribution in [1.82, 2.24) is 14.5 Å². The zero-order valence-corrected chi connectivity index (χ0v) is 23.5. The molecule has 1 aliphatic carbocycles. The molecule has 2 aromatic rings. The molecular weight excluding hydrogens is 549 g/mol. The summed E-state index contributed by atoms with van der Waals surface area (Å²) in [5.41, 5.74) is 0.764. The standard InChI is InChI=1S/C27H31Cl2N3O5S/c1-18(26(34)30-21-8-3-2-4-9-21)31(17-19-13-14-20(28)16-23(19)29)25(33)12-7-15-32-27(35)22-10-5-6-11-24(22)38(32,36)37/h5-6,10-11,13-14,16,18,21H,2-4,7-9,12,15,17H2,1H3,(H,30,34)/t18-/m1/s1. The number of benzene rings is 2. The highest BCUT2D eigenvalue weighted by molar-refractivity contribution is 7.90. The van der Waals surface area contributed by atoms with Gasteiger partial charge >= 0.3 is 0 Å². The molecule has 0 saturated heterocycles. The normalized spacial score (nSPS) is 17.7. The topological polar surface area (TPSA) is 104 Å². The first-order valence-corrected chi connectivity index (χ1v) is 15.0. The van der Waals surface area contributed by atoms with Crippen molar-refractivity contribution in [3.63, 3.8) is 0 Å². The minimum absolute atomic E-state index is 0.0247. The van der Waals surface area contributed by atoms with Crippen molar-refractivity contribution in [2.75, 3.05) is 6.54 Å². The van der Waals surface area contributed by atoms with Crippen LogP contribution in [0.4, 0.5) is 0 Å². The third-order valence-corrected chi connectivity index (χ3v) is 9.57. The number of halogens is 2. The Morgan fingerprint density at radius 3 is 2.50 bits per heavy atom. The lowest BCUT2D eigenvalue weighted by atomic mass is 9.95. The van der Waals surface area contributed by atoms with Crippen LogP contribution in [-0.2, 0) is 26.2 Å². The van der Waals surface area contributed by atoms with Crippen LogP contribution >= 0.6 is 23.2 Å². The third kappa shape index (κ3) is 6.16. The summed E-state index contributed by atoms with van der Waals surface area (Å²) in [6.45, 7) is 1.62. The Morgan fingerprint density at radius 1 is 1.11 bits per heavy atom. The number of rotatable bonds is 9.